The lowest BCUT2D eigenvalue weighted by Gasteiger charge is -2.37. The van der Waals surface area contributed by atoms with Crippen molar-refractivity contribution in [1.29, 1.82) is 0 Å². The number of nitrogens with one attached hydrogen (secondary N) is 2. The van der Waals surface area contributed by atoms with Crippen LogP contribution >= 0.6 is 0 Å². The molecule has 0 amide bonds. The third-order valence-corrected chi connectivity index (χ3v) is 13.3. The maximum atomic E-state index is 13.0. The molecule has 2 N–H and O–H groups in total. The molecule has 10 heteroatoms. The summed E-state index contributed by atoms with van der Waals surface area (Å²) in [5.41, 5.74) is 1.15. The van der Waals surface area contributed by atoms with Crippen LogP contribution in [0.5, 0.6) is 5.75 Å². The molecule has 196 valence electrons. The van der Waals surface area contributed by atoms with Crippen LogP contribution in [0.15, 0.2) is 47.4 Å². The summed E-state index contributed by atoms with van der Waals surface area (Å²) in [7, 11) is -9.89. The van der Waals surface area contributed by atoms with E-state index in [1.165, 1.54) is 12.1 Å². The van der Waals surface area contributed by atoms with Gasteiger partial charge in [-0.2, -0.15) is 0 Å². The Balaban J connectivity index is 2.28. The molecule has 35 heavy (non-hydrogen) atoms. The first-order valence-electron chi connectivity index (χ1n) is 11.6. The summed E-state index contributed by atoms with van der Waals surface area (Å²) in [6.45, 7) is 17.9. The Bertz CT molecular complexity index is 1260. The monoisotopic (exact) mass is 540 g/mol. The van der Waals surface area contributed by atoms with Crippen LogP contribution in [0.25, 0.3) is 0 Å². The van der Waals surface area contributed by atoms with E-state index in [0.29, 0.717) is 5.75 Å². The molecule has 0 aliphatic heterocycles. The molecule has 2 rings (SSSR count). The van der Waals surface area contributed by atoms with Crippen molar-refractivity contribution in [3.05, 3.63) is 53.6 Å². The normalized spacial score (nSPS) is 13.5. The Hall–Kier alpha value is -1.88. The number of aryl methyl sites for hydroxylation is 2. The highest BCUT2D eigenvalue weighted by molar-refractivity contribution is 7.93. The predicted molar refractivity (Wildman–Crippen MR) is 147 cm³/mol. The highest BCUT2D eigenvalue weighted by Crippen LogP contribution is 2.38. The molecule has 0 aliphatic rings. The first kappa shape index (κ1) is 29.3. The van der Waals surface area contributed by atoms with Crippen molar-refractivity contribution < 1.29 is 21.3 Å². The summed E-state index contributed by atoms with van der Waals surface area (Å²) in [4.78, 5) is -0.115. The van der Waals surface area contributed by atoms with Crippen molar-refractivity contribution in [2.75, 3.05) is 10.5 Å². The van der Waals surface area contributed by atoms with Gasteiger partial charge in [-0.1, -0.05) is 45.0 Å². The molecular weight excluding hydrogens is 501 g/mol. The van der Waals surface area contributed by atoms with Gasteiger partial charge in [0.2, 0.25) is 28.4 Å². The number of para-hydroxylation sites is 1. The summed E-state index contributed by atoms with van der Waals surface area (Å²) < 4.78 is 63.3. The Labute approximate surface area is 212 Å². The molecule has 0 spiro atoms. The fourth-order valence-corrected chi connectivity index (χ4v) is 6.89. The van der Waals surface area contributed by atoms with E-state index in [2.05, 4.69) is 43.3 Å². The highest BCUT2D eigenvalue weighted by Gasteiger charge is 2.39. The summed E-state index contributed by atoms with van der Waals surface area (Å²) in [5, 5.41) is -0.00204. The lowest BCUT2D eigenvalue weighted by Crippen LogP contribution is -2.44. The first-order chi connectivity index (χ1) is 15.7. The van der Waals surface area contributed by atoms with E-state index in [1.807, 2.05) is 25.1 Å². The Kier molecular flexibility index (Phi) is 8.58. The predicted octanol–water partition coefficient (Wildman–Crippen LogP) is 5.44. The highest BCUT2D eigenvalue weighted by atomic mass is 32.2. The SMILES string of the molecule is Cc1ccc(CCS(=O)(=O)Nc2ccccc2S(=O)(=O)NC(C)(C)C)c(O[Si](C)(C)C(C)(C)C)c1. The average Bonchev–Trinajstić information content (AvgIpc) is 2.64. The van der Waals surface area contributed by atoms with E-state index >= 15 is 0 Å². The molecule has 0 aliphatic carbocycles. The summed E-state index contributed by atoms with van der Waals surface area (Å²) in [6, 6.07) is 11.8. The Morgan fingerprint density at radius 1 is 0.914 bits per heavy atom. The van der Waals surface area contributed by atoms with Crippen molar-refractivity contribution in [3.63, 3.8) is 0 Å². The number of anilines is 1. The van der Waals surface area contributed by atoms with Crippen LogP contribution in [-0.2, 0) is 26.5 Å². The van der Waals surface area contributed by atoms with Crippen molar-refractivity contribution in [2.24, 2.45) is 0 Å². The second kappa shape index (κ2) is 10.2. The van der Waals surface area contributed by atoms with Crippen LogP contribution in [0.2, 0.25) is 18.1 Å². The van der Waals surface area contributed by atoms with Crippen molar-refractivity contribution in [3.8, 4) is 5.75 Å². The van der Waals surface area contributed by atoms with Crippen LogP contribution in [0.1, 0.15) is 52.7 Å². The van der Waals surface area contributed by atoms with Gasteiger partial charge >= 0.3 is 0 Å². The van der Waals surface area contributed by atoms with Gasteiger partial charge < -0.3 is 4.43 Å². The molecule has 0 atom stereocenters. The van der Waals surface area contributed by atoms with Crippen LogP contribution in [0.4, 0.5) is 5.69 Å². The molecule has 2 aromatic carbocycles. The van der Waals surface area contributed by atoms with Crippen molar-refractivity contribution in [1.82, 2.24) is 4.72 Å². The van der Waals surface area contributed by atoms with Gasteiger partial charge in [0, 0.05) is 5.54 Å². The fourth-order valence-electron chi connectivity index (χ4n) is 3.10. The number of rotatable bonds is 9. The quantitative estimate of drug-likeness (QED) is 0.413. The van der Waals surface area contributed by atoms with Crippen LogP contribution in [0.3, 0.4) is 0 Å². The van der Waals surface area contributed by atoms with Gasteiger partial charge in [-0.15, -0.1) is 0 Å². The van der Waals surface area contributed by atoms with E-state index in [1.54, 1.807) is 32.9 Å². The van der Waals surface area contributed by atoms with Crippen LogP contribution < -0.4 is 13.9 Å². The molecule has 0 aromatic heterocycles. The number of hydrogen-bond donors (Lipinski definition) is 2. The van der Waals surface area contributed by atoms with Gasteiger partial charge in [-0.05, 0) is 81.6 Å². The molecule has 2 aromatic rings. The lowest BCUT2D eigenvalue weighted by atomic mass is 10.1. The Morgan fingerprint density at radius 3 is 2.09 bits per heavy atom. The first-order valence-corrected chi connectivity index (χ1v) is 17.7. The maximum absolute atomic E-state index is 13.0. The van der Waals surface area contributed by atoms with E-state index in [-0.39, 0.29) is 27.8 Å². The van der Waals surface area contributed by atoms with Gasteiger partial charge in [0.05, 0.1) is 11.4 Å². The van der Waals surface area contributed by atoms with Crippen molar-refractivity contribution in [2.45, 2.75) is 83.5 Å². The molecule has 0 saturated carbocycles. The van der Waals surface area contributed by atoms with Gasteiger partial charge in [0.1, 0.15) is 10.6 Å². The zero-order valence-corrected chi connectivity index (χ0v) is 24.9. The summed E-state index contributed by atoms with van der Waals surface area (Å²) in [5.74, 6) is 0.495. The molecule has 0 fully saturated rings. The second-order valence-electron chi connectivity index (χ2n) is 11.5. The molecular formula is C25H40N2O5S2Si. The molecule has 0 heterocycles. The van der Waals surface area contributed by atoms with E-state index in [9.17, 15) is 16.8 Å². The third-order valence-electron chi connectivity index (χ3n) is 5.92. The average molecular weight is 541 g/mol. The minimum atomic E-state index is -3.93. The van der Waals surface area contributed by atoms with Crippen molar-refractivity contribution >= 4 is 34.1 Å². The maximum Gasteiger partial charge on any atom is 0.250 e. The number of sulfonamides is 2. The molecule has 7 nitrogen and oxygen atoms in total. The minimum Gasteiger partial charge on any atom is -0.543 e. The smallest absolute Gasteiger partial charge is 0.250 e. The van der Waals surface area contributed by atoms with Crippen LogP contribution in [-0.4, -0.2) is 36.4 Å². The topological polar surface area (TPSA) is 102 Å². The number of benzene rings is 2. The van der Waals surface area contributed by atoms with Gasteiger partial charge in [0.25, 0.3) is 0 Å². The zero-order chi connectivity index (χ0) is 26.9. The van der Waals surface area contributed by atoms with Gasteiger partial charge in [-0.3, -0.25) is 4.72 Å². The Morgan fingerprint density at radius 2 is 1.51 bits per heavy atom. The van der Waals surface area contributed by atoms with E-state index in [4.69, 9.17) is 4.43 Å². The molecule has 0 radical (unpaired) electrons. The molecule has 0 saturated heterocycles. The molecule has 0 unspecified atom stereocenters. The minimum absolute atomic E-state index is 0.00204. The van der Waals surface area contributed by atoms with Gasteiger partial charge in [0.15, 0.2) is 0 Å². The molecule has 0 bridgehead atoms. The standard InChI is InChI=1S/C25H40N2O5S2Si/c1-19-14-15-20(22(18-19)32-35(8,9)25(5,6)7)16-17-33(28,29)26-21-12-10-11-13-23(21)34(30,31)27-24(2,3)4/h10-15,18,26-27H,16-17H2,1-9H3. The van der Waals surface area contributed by atoms with Gasteiger partial charge in [-0.25, -0.2) is 21.6 Å². The largest absolute Gasteiger partial charge is 0.543 e. The van der Waals surface area contributed by atoms with Crippen LogP contribution in [0, 0.1) is 6.92 Å². The van der Waals surface area contributed by atoms with E-state index in [0.717, 1.165) is 11.1 Å². The zero-order valence-electron chi connectivity index (χ0n) is 22.3. The fraction of sp³-hybridized carbons (Fsp3) is 0.520. The van der Waals surface area contributed by atoms with E-state index < -0.39 is 33.9 Å². The third kappa shape index (κ3) is 8.34. The second-order valence-corrected chi connectivity index (χ2v) is 19.7. The lowest BCUT2D eigenvalue weighted by molar-refractivity contribution is 0.487. The summed E-state index contributed by atoms with van der Waals surface area (Å²) in [6.07, 6.45) is 0.231. The summed E-state index contributed by atoms with van der Waals surface area (Å²) >= 11 is 0. The number of hydrogen-bond acceptors (Lipinski definition) is 5.